The van der Waals surface area contributed by atoms with E-state index in [2.05, 4.69) is 26.6 Å². The van der Waals surface area contributed by atoms with Crippen molar-refractivity contribution in [1.29, 1.82) is 5.26 Å². The lowest BCUT2D eigenvalue weighted by atomic mass is 10.1. The number of hydrogen-bond donors (Lipinski definition) is 1. The number of nitrogens with one attached hydrogen (secondary N) is 1. The van der Waals surface area contributed by atoms with Crippen LogP contribution in [0.15, 0.2) is 42.7 Å². The first-order valence-electron chi connectivity index (χ1n) is 7.25. The van der Waals surface area contributed by atoms with Crippen molar-refractivity contribution in [3.63, 3.8) is 0 Å². The third-order valence-electron chi connectivity index (χ3n) is 3.52. The molecule has 0 radical (unpaired) electrons. The lowest BCUT2D eigenvalue weighted by Gasteiger charge is -2.11. The second-order valence-corrected chi connectivity index (χ2v) is 5.22. The average Bonchev–Trinajstić information content (AvgIpc) is 3.02. The van der Waals surface area contributed by atoms with E-state index in [1.807, 2.05) is 54.8 Å². The number of benzene rings is 1. The van der Waals surface area contributed by atoms with Gasteiger partial charge in [0, 0.05) is 11.4 Å². The molecule has 0 amide bonds. The monoisotopic (exact) mass is 304 g/mol. The number of nitriles is 1. The molecule has 0 spiro atoms. The van der Waals surface area contributed by atoms with Crippen LogP contribution in [0.5, 0.6) is 0 Å². The van der Waals surface area contributed by atoms with E-state index in [0.717, 1.165) is 22.8 Å². The quantitative estimate of drug-likeness (QED) is 0.801. The topological polar surface area (TPSA) is 79.4 Å². The highest BCUT2D eigenvalue weighted by atomic mass is 15.3. The number of aromatic nitrogens is 4. The Bertz CT molecular complexity index is 861. The molecular formula is C17H16N6. The van der Waals surface area contributed by atoms with E-state index in [-0.39, 0.29) is 0 Å². The van der Waals surface area contributed by atoms with Crippen molar-refractivity contribution < 1.29 is 0 Å². The third kappa shape index (κ3) is 3.04. The lowest BCUT2D eigenvalue weighted by Crippen LogP contribution is -2.10. The van der Waals surface area contributed by atoms with E-state index in [4.69, 9.17) is 0 Å². The van der Waals surface area contributed by atoms with Crippen molar-refractivity contribution in [1.82, 2.24) is 19.7 Å². The van der Waals surface area contributed by atoms with Gasteiger partial charge < -0.3 is 5.32 Å². The zero-order valence-electron chi connectivity index (χ0n) is 13.0. The molecule has 1 N–H and O–H groups in total. The summed E-state index contributed by atoms with van der Waals surface area (Å²) < 4.78 is 1.90. The number of nitrogens with zero attached hydrogens (tertiary/aromatic N) is 5. The SMILES string of the molecule is Cc1cc(C)c(C#N)c(NCc2nncn2-c2ccccc2)n1. The van der Waals surface area contributed by atoms with Gasteiger partial charge in [-0.3, -0.25) is 4.57 Å². The Morgan fingerprint density at radius 1 is 1.22 bits per heavy atom. The number of rotatable bonds is 4. The molecule has 0 unspecified atom stereocenters. The van der Waals surface area contributed by atoms with Crippen LogP contribution >= 0.6 is 0 Å². The molecule has 23 heavy (non-hydrogen) atoms. The van der Waals surface area contributed by atoms with Crippen LogP contribution in [0.4, 0.5) is 5.82 Å². The molecule has 0 aliphatic rings. The summed E-state index contributed by atoms with van der Waals surface area (Å²) in [5, 5.41) is 20.6. The van der Waals surface area contributed by atoms with Crippen LogP contribution in [0.25, 0.3) is 5.69 Å². The smallest absolute Gasteiger partial charge is 0.156 e. The molecule has 0 aliphatic carbocycles. The third-order valence-corrected chi connectivity index (χ3v) is 3.52. The van der Waals surface area contributed by atoms with Gasteiger partial charge in [0.1, 0.15) is 18.2 Å². The Kier molecular flexibility index (Phi) is 4.02. The van der Waals surface area contributed by atoms with Crippen LogP contribution in [0.2, 0.25) is 0 Å². The van der Waals surface area contributed by atoms with Crippen LogP contribution in [0.1, 0.15) is 22.6 Å². The Morgan fingerprint density at radius 2 is 2.00 bits per heavy atom. The van der Waals surface area contributed by atoms with Gasteiger partial charge in [-0.25, -0.2) is 4.98 Å². The standard InChI is InChI=1S/C17H16N6/c1-12-8-13(2)21-17(15(12)9-18)19-10-16-22-20-11-23(16)14-6-4-3-5-7-14/h3-8,11H,10H2,1-2H3,(H,19,21). The normalized spacial score (nSPS) is 10.3. The van der Waals surface area contributed by atoms with E-state index in [9.17, 15) is 5.26 Å². The first-order chi connectivity index (χ1) is 11.2. The molecule has 0 saturated carbocycles. The van der Waals surface area contributed by atoms with Gasteiger partial charge in [0.25, 0.3) is 0 Å². The minimum atomic E-state index is 0.430. The molecule has 0 aliphatic heterocycles. The maximum absolute atomic E-state index is 9.32. The zero-order valence-corrected chi connectivity index (χ0v) is 13.0. The van der Waals surface area contributed by atoms with E-state index in [0.29, 0.717) is 17.9 Å². The second kappa shape index (κ2) is 6.28. The molecule has 0 bridgehead atoms. The molecule has 2 heterocycles. The fourth-order valence-corrected chi connectivity index (χ4v) is 2.45. The highest BCUT2D eigenvalue weighted by Gasteiger charge is 2.11. The van der Waals surface area contributed by atoms with Gasteiger partial charge in [-0.15, -0.1) is 10.2 Å². The fourth-order valence-electron chi connectivity index (χ4n) is 2.45. The van der Waals surface area contributed by atoms with E-state index >= 15 is 0 Å². The van der Waals surface area contributed by atoms with Gasteiger partial charge in [0.2, 0.25) is 0 Å². The maximum atomic E-state index is 9.32. The summed E-state index contributed by atoms with van der Waals surface area (Å²) in [6, 6.07) is 14.0. The Labute approximate surface area is 134 Å². The molecule has 0 fully saturated rings. The summed E-state index contributed by atoms with van der Waals surface area (Å²) in [6.45, 7) is 4.25. The van der Waals surface area contributed by atoms with Crippen molar-refractivity contribution in [3.8, 4) is 11.8 Å². The summed E-state index contributed by atoms with van der Waals surface area (Å²) >= 11 is 0. The summed E-state index contributed by atoms with van der Waals surface area (Å²) in [6.07, 6.45) is 1.67. The lowest BCUT2D eigenvalue weighted by molar-refractivity contribution is 0.884. The van der Waals surface area contributed by atoms with Crippen LogP contribution in [-0.4, -0.2) is 19.7 Å². The van der Waals surface area contributed by atoms with Gasteiger partial charge >= 0.3 is 0 Å². The Hall–Kier alpha value is -3.20. The highest BCUT2D eigenvalue weighted by Crippen LogP contribution is 2.18. The van der Waals surface area contributed by atoms with E-state index in [1.165, 1.54) is 0 Å². The molecule has 1 aromatic carbocycles. The zero-order chi connectivity index (χ0) is 16.2. The van der Waals surface area contributed by atoms with Crippen LogP contribution in [-0.2, 0) is 6.54 Å². The van der Waals surface area contributed by atoms with Crippen molar-refractivity contribution in [2.75, 3.05) is 5.32 Å². The average molecular weight is 304 g/mol. The predicted octanol–water partition coefficient (Wildman–Crippen LogP) is 2.76. The number of aryl methyl sites for hydroxylation is 2. The van der Waals surface area contributed by atoms with Gasteiger partial charge in [0.05, 0.1) is 12.1 Å². The first-order valence-corrected chi connectivity index (χ1v) is 7.25. The number of para-hydroxylation sites is 1. The molecule has 3 rings (SSSR count). The molecule has 6 nitrogen and oxygen atoms in total. The van der Waals surface area contributed by atoms with E-state index < -0.39 is 0 Å². The molecular weight excluding hydrogens is 288 g/mol. The Morgan fingerprint density at radius 3 is 2.74 bits per heavy atom. The fraction of sp³-hybridized carbons (Fsp3) is 0.176. The predicted molar refractivity (Wildman–Crippen MR) is 87.1 cm³/mol. The van der Waals surface area contributed by atoms with Crippen molar-refractivity contribution >= 4 is 5.82 Å². The van der Waals surface area contributed by atoms with E-state index in [1.54, 1.807) is 6.33 Å². The number of hydrogen-bond acceptors (Lipinski definition) is 5. The maximum Gasteiger partial charge on any atom is 0.156 e. The summed E-state index contributed by atoms with van der Waals surface area (Å²) in [7, 11) is 0. The number of anilines is 1. The van der Waals surface area contributed by atoms with Crippen molar-refractivity contribution in [3.05, 3.63) is 65.4 Å². The molecule has 3 aromatic rings. The van der Waals surface area contributed by atoms with Crippen LogP contribution < -0.4 is 5.32 Å². The summed E-state index contributed by atoms with van der Waals surface area (Å²) in [5.41, 5.74) is 3.32. The molecule has 0 saturated heterocycles. The second-order valence-electron chi connectivity index (χ2n) is 5.22. The first kappa shape index (κ1) is 14.7. The molecule has 114 valence electrons. The molecule has 0 atom stereocenters. The van der Waals surface area contributed by atoms with Gasteiger partial charge in [-0.2, -0.15) is 5.26 Å². The Balaban J connectivity index is 1.86. The minimum absolute atomic E-state index is 0.430. The van der Waals surface area contributed by atoms with Gasteiger partial charge in [-0.05, 0) is 37.6 Å². The van der Waals surface area contributed by atoms with Gasteiger partial charge in [0.15, 0.2) is 5.82 Å². The number of pyridine rings is 1. The largest absolute Gasteiger partial charge is 0.362 e. The minimum Gasteiger partial charge on any atom is -0.362 e. The molecule has 2 aromatic heterocycles. The van der Waals surface area contributed by atoms with Crippen LogP contribution in [0.3, 0.4) is 0 Å². The highest BCUT2D eigenvalue weighted by molar-refractivity contribution is 5.56. The van der Waals surface area contributed by atoms with Crippen molar-refractivity contribution in [2.24, 2.45) is 0 Å². The van der Waals surface area contributed by atoms with Crippen molar-refractivity contribution in [2.45, 2.75) is 20.4 Å². The van der Waals surface area contributed by atoms with Gasteiger partial charge in [-0.1, -0.05) is 18.2 Å². The van der Waals surface area contributed by atoms with Crippen LogP contribution in [0, 0.1) is 25.2 Å². The summed E-state index contributed by atoms with van der Waals surface area (Å²) in [5.74, 6) is 1.33. The molecule has 6 heteroatoms. The summed E-state index contributed by atoms with van der Waals surface area (Å²) in [4.78, 5) is 4.42.